The number of rotatable bonds is 2. The molecule has 2 aromatic carbocycles. The average molecular weight is 332 g/mol. The molecular weight excluding hydrogens is 319 g/mol. The SMILES string of the molecule is Cl.Nc1cc(Oc2ccc(C(F)(F)F)cc2)cc2c1OCC2. The molecule has 0 amide bonds. The molecule has 0 aliphatic carbocycles. The third-order valence-corrected chi connectivity index (χ3v) is 3.20. The van der Waals surface area contributed by atoms with Crippen LogP contribution in [0.4, 0.5) is 18.9 Å². The molecule has 7 heteroatoms. The van der Waals surface area contributed by atoms with Crippen LogP contribution in [0.2, 0.25) is 0 Å². The third kappa shape index (κ3) is 3.22. The number of ether oxygens (including phenoxy) is 2. The molecule has 22 heavy (non-hydrogen) atoms. The molecule has 0 unspecified atom stereocenters. The molecule has 118 valence electrons. The zero-order valence-electron chi connectivity index (χ0n) is 11.3. The van der Waals surface area contributed by atoms with Gasteiger partial charge in [-0.25, -0.2) is 0 Å². The van der Waals surface area contributed by atoms with E-state index >= 15 is 0 Å². The number of alkyl halides is 3. The Morgan fingerprint density at radius 2 is 1.73 bits per heavy atom. The molecule has 0 saturated heterocycles. The van der Waals surface area contributed by atoms with E-state index < -0.39 is 11.7 Å². The lowest BCUT2D eigenvalue weighted by atomic mass is 10.1. The van der Waals surface area contributed by atoms with Gasteiger partial charge in [0, 0.05) is 18.1 Å². The average Bonchev–Trinajstić information content (AvgIpc) is 2.87. The number of hydrogen-bond acceptors (Lipinski definition) is 3. The van der Waals surface area contributed by atoms with E-state index in [0.29, 0.717) is 29.5 Å². The number of hydrogen-bond donors (Lipinski definition) is 1. The van der Waals surface area contributed by atoms with Crippen molar-refractivity contribution in [1.82, 2.24) is 0 Å². The summed E-state index contributed by atoms with van der Waals surface area (Å²) >= 11 is 0. The van der Waals surface area contributed by atoms with Gasteiger partial charge in [-0.15, -0.1) is 12.4 Å². The summed E-state index contributed by atoms with van der Waals surface area (Å²) in [6.45, 7) is 0.573. The minimum absolute atomic E-state index is 0. The van der Waals surface area contributed by atoms with Crippen LogP contribution < -0.4 is 15.2 Å². The predicted octanol–water partition coefficient (Wildman–Crippen LogP) is 4.44. The normalized spacial score (nSPS) is 13.0. The summed E-state index contributed by atoms with van der Waals surface area (Å²) in [7, 11) is 0. The van der Waals surface area contributed by atoms with Crippen molar-refractivity contribution in [3.8, 4) is 17.2 Å². The largest absolute Gasteiger partial charge is 0.491 e. The van der Waals surface area contributed by atoms with Crippen molar-refractivity contribution >= 4 is 18.1 Å². The van der Waals surface area contributed by atoms with Crippen LogP contribution in [-0.2, 0) is 12.6 Å². The molecule has 0 radical (unpaired) electrons. The fourth-order valence-corrected chi connectivity index (χ4v) is 2.21. The van der Waals surface area contributed by atoms with Gasteiger partial charge in [-0.2, -0.15) is 13.2 Å². The van der Waals surface area contributed by atoms with Crippen molar-refractivity contribution in [3.05, 3.63) is 47.5 Å². The molecule has 3 rings (SSSR count). The molecule has 0 spiro atoms. The van der Waals surface area contributed by atoms with Crippen LogP contribution in [0.5, 0.6) is 17.2 Å². The lowest BCUT2D eigenvalue weighted by Crippen LogP contribution is -2.04. The summed E-state index contributed by atoms with van der Waals surface area (Å²) in [4.78, 5) is 0. The molecule has 1 heterocycles. The molecule has 3 nitrogen and oxygen atoms in total. The van der Waals surface area contributed by atoms with Crippen LogP contribution in [-0.4, -0.2) is 6.61 Å². The van der Waals surface area contributed by atoms with Gasteiger partial charge in [0.25, 0.3) is 0 Å². The molecule has 0 bridgehead atoms. The zero-order valence-corrected chi connectivity index (χ0v) is 12.1. The summed E-state index contributed by atoms with van der Waals surface area (Å²) in [5.41, 5.74) is 6.55. The van der Waals surface area contributed by atoms with Gasteiger partial charge in [0.2, 0.25) is 0 Å². The summed E-state index contributed by atoms with van der Waals surface area (Å²) in [5, 5.41) is 0. The maximum absolute atomic E-state index is 12.5. The third-order valence-electron chi connectivity index (χ3n) is 3.20. The number of nitrogen functional groups attached to an aromatic ring is 1. The lowest BCUT2D eigenvalue weighted by molar-refractivity contribution is -0.137. The highest BCUT2D eigenvalue weighted by molar-refractivity contribution is 5.85. The predicted molar refractivity (Wildman–Crippen MR) is 78.8 cm³/mol. The number of nitrogens with two attached hydrogens (primary N) is 1. The maximum atomic E-state index is 12.5. The highest BCUT2D eigenvalue weighted by atomic mass is 35.5. The van der Waals surface area contributed by atoms with E-state index in [0.717, 1.165) is 24.1 Å². The smallest absolute Gasteiger partial charge is 0.416 e. The summed E-state index contributed by atoms with van der Waals surface area (Å²) in [6.07, 6.45) is -3.61. The Hall–Kier alpha value is -2.08. The Bertz CT molecular complexity index is 672. The number of fused-ring (bicyclic) bond motifs is 1. The minimum Gasteiger partial charge on any atom is -0.491 e. The van der Waals surface area contributed by atoms with Gasteiger partial charge < -0.3 is 15.2 Å². The van der Waals surface area contributed by atoms with Crippen LogP contribution in [0.3, 0.4) is 0 Å². The first-order chi connectivity index (χ1) is 9.93. The standard InChI is InChI=1S/C15H12F3NO2.ClH/c16-15(17,18)10-1-3-11(4-2-10)21-12-7-9-5-6-20-14(9)13(19)8-12;/h1-4,7-8H,5-6,19H2;1H. The molecule has 1 aliphatic heterocycles. The van der Waals surface area contributed by atoms with Crippen molar-refractivity contribution < 1.29 is 22.6 Å². The van der Waals surface area contributed by atoms with Crippen molar-refractivity contribution in [2.24, 2.45) is 0 Å². The summed E-state index contributed by atoms with van der Waals surface area (Å²) in [5.74, 6) is 1.47. The molecule has 2 aromatic rings. The first kappa shape index (κ1) is 16.3. The first-order valence-corrected chi connectivity index (χ1v) is 6.34. The van der Waals surface area contributed by atoms with Crippen LogP contribution in [0.1, 0.15) is 11.1 Å². The summed E-state index contributed by atoms with van der Waals surface area (Å²) in [6, 6.07) is 7.91. The van der Waals surface area contributed by atoms with Crippen molar-refractivity contribution in [2.75, 3.05) is 12.3 Å². The topological polar surface area (TPSA) is 44.5 Å². The second-order valence-electron chi connectivity index (χ2n) is 4.72. The highest BCUT2D eigenvalue weighted by Gasteiger charge is 2.30. The van der Waals surface area contributed by atoms with Gasteiger partial charge in [0.05, 0.1) is 17.9 Å². The molecular formula is C15H13ClF3NO2. The Kier molecular flexibility index (Phi) is 4.42. The van der Waals surface area contributed by atoms with Gasteiger partial charge in [-0.1, -0.05) is 0 Å². The number of benzene rings is 2. The fourth-order valence-electron chi connectivity index (χ4n) is 2.21. The van der Waals surface area contributed by atoms with Gasteiger partial charge in [0.1, 0.15) is 17.2 Å². The Morgan fingerprint density at radius 3 is 2.36 bits per heavy atom. The monoisotopic (exact) mass is 331 g/mol. The van der Waals surface area contributed by atoms with E-state index in [1.807, 2.05) is 0 Å². The minimum atomic E-state index is -4.35. The van der Waals surface area contributed by atoms with E-state index in [9.17, 15) is 13.2 Å². The second-order valence-corrected chi connectivity index (χ2v) is 4.72. The Morgan fingerprint density at radius 1 is 1.05 bits per heavy atom. The first-order valence-electron chi connectivity index (χ1n) is 6.34. The molecule has 1 aliphatic rings. The van der Waals surface area contributed by atoms with Gasteiger partial charge >= 0.3 is 6.18 Å². The van der Waals surface area contributed by atoms with Crippen LogP contribution in [0.15, 0.2) is 36.4 Å². The number of halogens is 4. The molecule has 0 saturated carbocycles. The second kappa shape index (κ2) is 5.96. The molecule has 2 N–H and O–H groups in total. The van der Waals surface area contributed by atoms with Crippen molar-refractivity contribution in [1.29, 1.82) is 0 Å². The van der Waals surface area contributed by atoms with E-state index in [1.165, 1.54) is 12.1 Å². The van der Waals surface area contributed by atoms with Crippen LogP contribution in [0, 0.1) is 0 Å². The summed E-state index contributed by atoms with van der Waals surface area (Å²) < 4.78 is 48.4. The Balaban J connectivity index is 0.00000176. The van der Waals surface area contributed by atoms with Gasteiger partial charge in [0.15, 0.2) is 0 Å². The van der Waals surface area contributed by atoms with E-state index in [1.54, 1.807) is 12.1 Å². The quantitative estimate of drug-likeness (QED) is 0.828. The van der Waals surface area contributed by atoms with Crippen molar-refractivity contribution in [3.63, 3.8) is 0 Å². The highest BCUT2D eigenvalue weighted by Crippen LogP contribution is 2.37. The van der Waals surface area contributed by atoms with Gasteiger partial charge in [-0.3, -0.25) is 0 Å². The van der Waals surface area contributed by atoms with E-state index in [4.69, 9.17) is 15.2 Å². The zero-order chi connectivity index (χ0) is 15.0. The van der Waals surface area contributed by atoms with E-state index in [-0.39, 0.29) is 12.4 Å². The van der Waals surface area contributed by atoms with Crippen molar-refractivity contribution in [2.45, 2.75) is 12.6 Å². The van der Waals surface area contributed by atoms with E-state index in [2.05, 4.69) is 0 Å². The van der Waals surface area contributed by atoms with Crippen LogP contribution >= 0.6 is 12.4 Å². The molecule has 0 atom stereocenters. The lowest BCUT2D eigenvalue weighted by Gasteiger charge is -2.11. The number of anilines is 1. The molecule has 0 fully saturated rings. The fraction of sp³-hybridized carbons (Fsp3) is 0.200. The Labute approximate surface area is 131 Å². The van der Waals surface area contributed by atoms with Crippen LogP contribution in [0.25, 0.3) is 0 Å². The van der Waals surface area contributed by atoms with Gasteiger partial charge in [-0.05, 0) is 30.3 Å². The molecule has 0 aromatic heterocycles. The maximum Gasteiger partial charge on any atom is 0.416 e.